The number of para-hydroxylation sites is 1. The van der Waals surface area contributed by atoms with Gasteiger partial charge in [0.25, 0.3) is 0 Å². The first-order valence-electron chi connectivity index (χ1n) is 21.1. The molecule has 8 rings (SSSR count). The molecule has 0 unspecified atom stereocenters. The van der Waals surface area contributed by atoms with Crippen molar-refractivity contribution in [3.63, 3.8) is 0 Å². The lowest BCUT2D eigenvalue weighted by Crippen LogP contribution is -2.11. The Hall–Kier alpha value is -6.26. The number of phenols is 1. The first-order chi connectivity index (χ1) is 28.4. The molecule has 0 saturated heterocycles. The van der Waals surface area contributed by atoms with E-state index in [0.717, 1.165) is 78.0 Å². The van der Waals surface area contributed by atoms with Crippen LogP contribution in [0.3, 0.4) is 0 Å². The fourth-order valence-corrected chi connectivity index (χ4v) is 7.76. The zero-order chi connectivity index (χ0) is 42.7. The number of aromatic nitrogens is 3. The summed E-state index contributed by atoms with van der Waals surface area (Å²) in [4.78, 5) is 10.3. The largest absolute Gasteiger partial charge is 0.507 e. The van der Waals surface area contributed by atoms with E-state index in [1.54, 1.807) is 12.1 Å². The van der Waals surface area contributed by atoms with Crippen molar-refractivity contribution in [2.45, 2.75) is 73.1 Å². The van der Waals surface area contributed by atoms with E-state index in [9.17, 15) is 5.11 Å². The summed E-state index contributed by atoms with van der Waals surface area (Å²) in [6, 6.07) is 45.1. The molecule has 0 spiro atoms. The Morgan fingerprint density at radius 1 is 0.561 bits per heavy atom. The van der Waals surface area contributed by atoms with Gasteiger partial charge in [-0.1, -0.05) is 132 Å². The molecule has 6 aromatic carbocycles. The first kappa shape index (κ1) is 34.0. The van der Waals surface area contributed by atoms with Gasteiger partial charge in [0.1, 0.15) is 11.6 Å². The minimum absolute atomic E-state index is 0.0580. The third-order valence-corrected chi connectivity index (χ3v) is 10.9. The van der Waals surface area contributed by atoms with Gasteiger partial charge in [-0.3, -0.25) is 9.55 Å². The number of aromatic hydroxyl groups is 1. The number of fused-ring (bicyclic) bond motifs is 1. The van der Waals surface area contributed by atoms with Gasteiger partial charge >= 0.3 is 0 Å². The van der Waals surface area contributed by atoms with E-state index in [4.69, 9.17) is 14.1 Å². The highest BCUT2D eigenvalue weighted by Gasteiger charge is 2.25. The molecule has 2 aromatic heterocycles. The van der Waals surface area contributed by atoms with E-state index in [1.165, 1.54) is 5.56 Å². The van der Waals surface area contributed by atoms with E-state index < -0.39 is 6.85 Å². The predicted molar refractivity (Wildman–Crippen MR) is 239 cm³/mol. The van der Waals surface area contributed by atoms with Crippen LogP contribution >= 0.6 is 0 Å². The quantitative estimate of drug-likeness (QED) is 0.184. The Morgan fingerprint density at radius 3 is 2.00 bits per heavy atom. The molecular weight excluding hydrogens is 695 g/mol. The Morgan fingerprint density at radius 2 is 1.28 bits per heavy atom. The number of benzene rings is 6. The molecule has 8 aromatic rings. The van der Waals surface area contributed by atoms with E-state index >= 15 is 0 Å². The van der Waals surface area contributed by atoms with E-state index in [1.807, 2.05) is 68.6 Å². The third kappa shape index (κ3) is 7.29. The van der Waals surface area contributed by atoms with Crippen molar-refractivity contribution in [2.24, 2.45) is 0 Å². The lowest BCUT2D eigenvalue weighted by Gasteiger charge is -2.22. The number of rotatable bonds is 6. The maximum atomic E-state index is 11.8. The van der Waals surface area contributed by atoms with Gasteiger partial charge in [0.15, 0.2) is 0 Å². The minimum atomic E-state index is -2.32. The number of imidazole rings is 1. The van der Waals surface area contributed by atoms with E-state index in [2.05, 4.69) is 119 Å². The number of hydrogen-bond acceptors (Lipinski definition) is 3. The maximum absolute atomic E-state index is 11.8. The van der Waals surface area contributed by atoms with Gasteiger partial charge in [-0.2, -0.15) is 0 Å². The van der Waals surface area contributed by atoms with Crippen molar-refractivity contribution in [2.75, 3.05) is 0 Å². The van der Waals surface area contributed by atoms with Crippen LogP contribution in [-0.2, 0) is 10.8 Å². The molecule has 57 heavy (non-hydrogen) atoms. The second kappa shape index (κ2) is 14.4. The molecule has 2 heterocycles. The SMILES string of the molecule is [2H]C([2H])([2H])c1ccc(-n2c(-c3cc(C)cc(C)c3O)nc3c(-c4cc(-c5cc(-c6ccccc6)ccn5)cc(C(C)(C)C)c4)cccc32)c(-c2ccc(C(C)(C)C)cc2)c1. The van der Waals surface area contributed by atoms with Gasteiger partial charge in [0.2, 0.25) is 0 Å². The second-order valence-electron chi connectivity index (χ2n) is 17.3. The van der Waals surface area contributed by atoms with Gasteiger partial charge in [-0.15, -0.1) is 0 Å². The minimum Gasteiger partial charge on any atom is -0.507 e. The molecule has 0 aliphatic heterocycles. The summed E-state index contributed by atoms with van der Waals surface area (Å²) in [5.74, 6) is 0.704. The van der Waals surface area contributed by atoms with Crippen LogP contribution in [0.5, 0.6) is 5.75 Å². The molecule has 0 aliphatic rings. The van der Waals surface area contributed by atoms with Gasteiger partial charge in [-0.25, -0.2) is 4.98 Å². The highest BCUT2D eigenvalue weighted by atomic mass is 16.3. The zero-order valence-electron chi connectivity index (χ0n) is 37.1. The molecule has 0 radical (unpaired) electrons. The maximum Gasteiger partial charge on any atom is 0.149 e. The second-order valence-corrected chi connectivity index (χ2v) is 17.3. The van der Waals surface area contributed by atoms with Crippen LogP contribution < -0.4 is 0 Å². The van der Waals surface area contributed by atoms with Crippen LogP contribution in [0.4, 0.5) is 0 Å². The summed E-state index contributed by atoms with van der Waals surface area (Å²) in [7, 11) is 0. The molecule has 0 saturated carbocycles. The molecule has 4 nitrogen and oxygen atoms in total. The summed E-state index contributed by atoms with van der Waals surface area (Å²) in [6.07, 6.45) is 1.87. The van der Waals surface area contributed by atoms with Crippen molar-refractivity contribution >= 4 is 11.0 Å². The molecule has 0 bridgehead atoms. The van der Waals surface area contributed by atoms with Gasteiger partial charge in [-0.05, 0) is 125 Å². The number of pyridine rings is 1. The first-order valence-corrected chi connectivity index (χ1v) is 19.6. The van der Waals surface area contributed by atoms with Crippen molar-refractivity contribution in [1.29, 1.82) is 0 Å². The third-order valence-electron chi connectivity index (χ3n) is 10.9. The molecule has 0 aliphatic carbocycles. The zero-order valence-corrected chi connectivity index (χ0v) is 34.1. The highest BCUT2D eigenvalue weighted by molar-refractivity contribution is 5.98. The molecule has 0 fully saturated rings. The summed E-state index contributed by atoms with van der Waals surface area (Å²) >= 11 is 0. The fourth-order valence-electron chi connectivity index (χ4n) is 7.76. The molecule has 0 amide bonds. The molecule has 284 valence electrons. The molecular formula is C53H51N3O. The Bertz CT molecular complexity index is 2890. The van der Waals surface area contributed by atoms with Crippen molar-refractivity contribution < 1.29 is 9.22 Å². The highest BCUT2D eigenvalue weighted by Crippen LogP contribution is 2.43. The fraction of sp³-hybridized carbons (Fsp3) is 0.208. The van der Waals surface area contributed by atoms with Gasteiger partial charge < -0.3 is 5.11 Å². The average Bonchev–Trinajstić information content (AvgIpc) is 3.60. The Balaban J connectivity index is 1.42. The number of phenolic OH excluding ortho intramolecular Hbond substituents is 1. The summed E-state index contributed by atoms with van der Waals surface area (Å²) < 4.78 is 27.2. The lowest BCUT2D eigenvalue weighted by molar-refractivity contribution is 0.472. The topological polar surface area (TPSA) is 50.9 Å². The van der Waals surface area contributed by atoms with Crippen LogP contribution in [0.15, 0.2) is 140 Å². The summed E-state index contributed by atoms with van der Waals surface area (Å²) in [6.45, 7) is 14.8. The predicted octanol–water partition coefficient (Wildman–Crippen LogP) is 14.0. The van der Waals surface area contributed by atoms with Crippen LogP contribution in [-0.4, -0.2) is 19.6 Å². The average molecular weight is 749 g/mol. The van der Waals surface area contributed by atoms with E-state index in [-0.39, 0.29) is 22.1 Å². The molecule has 0 atom stereocenters. The summed E-state index contributed by atoms with van der Waals surface area (Å²) in [5, 5.41) is 11.8. The van der Waals surface area contributed by atoms with E-state index in [0.29, 0.717) is 11.4 Å². The normalized spacial score (nSPS) is 13.0. The monoisotopic (exact) mass is 748 g/mol. The van der Waals surface area contributed by atoms with Crippen LogP contribution in [0, 0.1) is 20.7 Å². The number of aryl methyl sites for hydroxylation is 3. The number of nitrogens with zero attached hydrogens (tertiary/aromatic N) is 3. The lowest BCUT2D eigenvalue weighted by atomic mass is 9.83. The Labute approximate surface area is 341 Å². The molecule has 1 N–H and O–H groups in total. The standard InChI is InChI=1S/C53H51N3O/c1-33-18-23-47(44(27-33)37-19-21-41(22-20-37)52(4,5)6)56-48-17-13-16-43(49(48)55-51(56)45-28-34(2)26-35(3)50(45)57)39-29-40(31-42(30-39)53(7,8)9)46-32-38(24-25-54-46)36-14-11-10-12-15-36/h10-32,57H,1-9H3/i1D3. The Kier molecular flexibility index (Phi) is 8.57. The number of hydrogen-bond donors (Lipinski definition) is 1. The van der Waals surface area contributed by atoms with Gasteiger partial charge in [0.05, 0.1) is 28.0 Å². The van der Waals surface area contributed by atoms with Crippen molar-refractivity contribution in [3.05, 3.63) is 167 Å². The van der Waals surface area contributed by atoms with Crippen molar-refractivity contribution in [1.82, 2.24) is 14.5 Å². The van der Waals surface area contributed by atoms with Crippen LogP contribution in [0.2, 0.25) is 0 Å². The van der Waals surface area contributed by atoms with Crippen LogP contribution in [0.1, 0.15) is 73.5 Å². The van der Waals surface area contributed by atoms with Gasteiger partial charge in [0, 0.05) is 27.0 Å². The summed E-state index contributed by atoms with van der Waals surface area (Å²) in [5.41, 5.74) is 14.7. The van der Waals surface area contributed by atoms with Crippen LogP contribution in [0.25, 0.3) is 72.7 Å². The van der Waals surface area contributed by atoms with Crippen molar-refractivity contribution in [3.8, 4) is 67.5 Å². The smallest absolute Gasteiger partial charge is 0.149 e. The molecule has 4 heteroatoms.